The fraction of sp³-hybridized carbons (Fsp3) is 0.357. The van der Waals surface area contributed by atoms with E-state index < -0.39 is 0 Å². The van der Waals surface area contributed by atoms with E-state index in [9.17, 15) is 0 Å². The maximum Gasteiger partial charge on any atom is 0.0650 e. The number of rotatable bonds is 1. The molecule has 78 valence electrons. The largest absolute Gasteiger partial charge is 0.281 e. The van der Waals surface area contributed by atoms with E-state index in [4.69, 9.17) is 0 Å². The second-order valence-corrected chi connectivity index (χ2v) is 4.92. The minimum atomic E-state index is 0.176. The summed E-state index contributed by atoms with van der Waals surface area (Å²) >= 11 is 0. The molecule has 1 aliphatic heterocycles. The molecule has 0 aromatic heterocycles. The summed E-state index contributed by atoms with van der Waals surface area (Å²) in [5.41, 5.74) is 3.95. The van der Waals surface area contributed by atoms with E-state index in [0.29, 0.717) is 0 Å². The molecule has 15 heavy (non-hydrogen) atoms. The van der Waals surface area contributed by atoms with Crippen LogP contribution in [0.4, 0.5) is 0 Å². The molecule has 1 aromatic rings. The van der Waals surface area contributed by atoms with E-state index in [0.717, 1.165) is 12.3 Å². The van der Waals surface area contributed by atoms with Gasteiger partial charge in [-0.1, -0.05) is 51.1 Å². The van der Waals surface area contributed by atoms with E-state index in [1.54, 1.807) is 0 Å². The minimum Gasteiger partial charge on any atom is -0.281 e. The first-order chi connectivity index (χ1) is 7.09. The molecule has 0 atom stereocenters. The third kappa shape index (κ3) is 2.01. The quantitative estimate of drug-likeness (QED) is 0.657. The van der Waals surface area contributed by atoms with Gasteiger partial charge in [0.25, 0.3) is 0 Å². The molecule has 1 heteroatoms. The van der Waals surface area contributed by atoms with Gasteiger partial charge in [0.15, 0.2) is 0 Å². The van der Waals surface area contributed by atoms with Crippen LogP contribution < -0.4 is 0 Å². The first-order valence-corrected chi connectivity index (χ1v) is 5.40. The molecule has 0 radical (unpaired) electrons. The van der Waals surface area contributed by atoms with Crippen molar-refractivity contribution in [2.24, 2.45) is 4.99 Å². The lowest BCUT2D eigenvalue weighted by atomic mass is 9.82. The Bertz CT molecular complexity index is 419. The van der Waals surface area contributed by atoms with Gasteiger partial charge in [0, 0.05) is 5.56 Å². The maximum atomic E-state index is 4.49. The van der Waals surface area contributed by atoms with Crippen LogP contribution in [0.25, 0.3) is 0 Å². The summed E-state index contributed by atoms with van der Waals surface area (Å²) in [7, 11) is 0. The monoisotopic (exact) mass is 199 g/mol. The number of aliphatic imine (C=N–C) groups is 1. The van der Waals surface area contributed by atoms with E-state index in [2.05, 4.69) is 62.2 Å². The van der Waals surface area contributed by atoms with Crippen LogP contribution in [0.1, 0.15) is 31.9 Å². The van der Waals surface area contributed by atoms with Gasteiger partial charge in [-0.2, -0.15) is 0 Å². The summed E-state index contributed by atoms with van der Waals surface area (Å²) in [6, 6.07) is 8.54. The molecule has 0 aliphatic carbocycles. The van der Waals surface area contributed by atoms with Crippen molar-refractivity contribution in [3.8, 4) is 0 Å². The van der Waals surface area contributed by atoms with Crippen LogP contribution >= 0.6 is 0 Å². The highest BCUT2D eigenvalue weighted by molar-refractivity contribution is 6.11. The van der Waals surface area contributed by atoms with Crippen LogP contribution in [0.2, 0.25) is 0 Å². The van der Waals surface area contributed by atoms with Crippen LogP contribution in [-0.2, 0) is 5.41 Å². The summed E-state index contributed by atoms with van der Waals surface area (Å²) in [5, 5.41) is 0. The molecule has 0 bridgehead atoms. The summed E-state index contributed by atoms with van der Waals surface area (Å²) in [6.45, 7) is 7.55. The Hall–Kier alpha value is -1.37. The van der Waals surface area contributed by atoms with Gasteiger partial charge in [0.2, 0.25) is 0 Å². The first-order valence-electron chi connectivity index (χ1n) is 5.40. The Morgan fingerprint density at radius 2 is 1.87 bits per heavy atom. The average molecular weight is 199 g/mol. The summed E-state index contributed by atoms with van der Waals surface area (Å²) in [5.74, 6) is 0. The van der Waals surface area contributed by atoms with Crippen LogP contribution in [0.5, 0.6) is 0 Å². The predicted molar refractivity (Wildman–Crippen MR) is 65.7 cm³/mol. The van der Waals surface area contributed by atoms with Crippen molar-refractivity contribution in [1.82, 2.24) is 0 Å². The van der Waals surface area contributed by atoms with Crippen molar-refractivity contribution < 1.29 is 0 Å². The van der Waals surface area contributed by atoms with Crippen LogP contribution in [0.15, 0.2) is 41.4 Å². The standard InChI is InChI=1S/C14H17N/c1-14(2,3)12-8-5-4-7-11(12)13-9-6-10-15-13/h4-9H,10H2,1-3H3. The van der Waals surface area contributed by atoms with Crippen LogP contribution in [0, 0.1) is 0 Å². The van der Waals surface area contributed by atoms with Crippen molar-refractivity contribution in [3.63, 3.8) is 0 Å². The second-order valence-electron chi connectivity index (χ2n) is 4.92. The zero-order valence-electron chi connectivity index (χ0n) is 9.62. The summed E-state index contributed by atoms with van der Waals surface area (Å²) in [6.07, 6.45) is 4.22. The molecular formula is C14H17N. The molecule has 1 aromatic carbocycles. The lowest BCUT2D eigenvalue weighted by Crippen LogP contribution is -2.16. The molecule has 0 saturated carbocycles. The van der Waals surface area contributed by atoms with E-state index in [1.807, 2.05) is 0 Å². The van der Waals surface area contributed by atoms with Crippen molar-refractivity contribution in [2.75, 3.05) is 6.54 Å². The van der Waals surface area contributed by atoms with Crippen LogP contribution in [-0.4, -0.2) is 12.3 Å². The lowest BCUT2D eigenvalue weighted by molar-refractivity contribution is 0.589. The normalized spacial score (nSPS) is 15.5. The Kier molecular flexibility index (Phi) is 2.47. The summed E-state index contributed by atoms with van der Waals surface area (Å²) in [4.78, 5) is 4.49. The number of allylic oxidation sites excluding steroid dienone is 1. The van der Waals surface area contributed by atoms with Gasteiger partial charge < -0.3 is 0 Å². The molecule has 0 spiro atoms. The Morgan fingerprint density at radius 1 is 1.13 bits per heavy atom. The molecule has 1 aliphatic rings. The van der Waals surface area contributed by atoms with Crippen molar-refractivity contribution in [2.45, 2.75) is 26.2 Å². The molecule has 0 saturated heterocycles. The molecular weight excluding hydrogens is 182 g/mol. The summed E-state index contributed by atoms with van der Waals surface area (Å²) < 4.78 is 0. The van der Waals surface area contributed by atoms with Crippen molar-refractivity contribution in [3.05, 3.63) is 47.5 Å². The maximum absolute atomic E-state index is 4.49. The Labute approximate surface area is 91.6 Å². The Morgan fingerprint density at radius 3 is 2.47 bits per heavy atom. The number of nitrogens with zero attached hydrogens (tertiary/aromatic N) is 1. The van der Waals surface area contributed by atoms with E-state index in [-0.39, 0.29) is 5.41 Å². The predicted octanol–water partition coefficient (Wildman–Crippen LogP) is 3.34. The van der Waals surface area contributed by atoms with Gasteiger partial charge >= 0.3 is 0 Å². The highest BCUT2D eigenvalue weighted by Gasteiger charge is 2.19. The van der Waals surface area contributed by atoms with Gasteiger partial charge in [0.1, 0.15) is 0 Å². The van der Waals surface area contributed by atoms with Gasteiger partial charge in [-0.3, -0.25) is 4.99 Å². The third-order valence-corrected chi connectivity index (χ3v) is 2.65. The highest BCUT2D eigenvalue weighted by Crippen LogP contribution is 2.26. The molecule has 1 heterocycles. The first kappa shape index (κ1) is 10.2. The number of hydrogen-bond donors (Lipinski definition) is 0. The van der Waals surface area contributed by atoms with Gasteiger partial charge in [-0.25, -0.2) is 0 Å². The van der Waals surface area contributed by atoms with Crippen LogP contribution in [0.3, 0.4) is 0 Å². The zero-order valence-corrected chi connectivity index (χ0v) is 9.62. The molecule has 2 rings (SSSR count). The molecule has 0 amide bonds. The number of hydrogen-bond acceptors (Lipinski definition) is 1. The van der Waals surface area contributed by atoms with Crippen molar-refractivity contribution in [1.29, 1.82) is 0 Å². The van der Waals surface area contributed by atoms with E-state index in [1.165, 1.54) is 11.1 Å². The third-order valence-electron chi connectivity index (χ3n) is 2.65. The molecule has 1 nitrogen and oxygen atoms in total. The molecule has 0 unspecified atom stereocenters. The van der Waals surface area contributed by atoms with Gasteiger partial charge in [0.05, 0.1) is 12.3 Å². The zero-order chi connectivity index (χ0) is 10.9. The molecule has 0 N–H and O–H groups in total. The Balaban J connectivity index is 2.52. The van der Waals surface area contributed by atoms with Gasteiger partial charge in [-0.15, -0.1) is 0 Å². The average Bonchev–Trinajstić information content (AvgIpc) is 2.69. The highest BCUT2D eigenvalue weighted by atomic mass is 14.7. The minimum absolute atomic E-state index is 0.176. The topological polar surface area (TPSA) is 12.4 Å². The fourth-order valence-electron chi connectivity index (χ4n) is 1.90. The second kappa shape index (κ2) is 3.65. The van der Waals surface area contributed by atoms with Gasteiger partial charge in [-0.05, 0) is 17.1 Å². The fourth-order valence-corrected chi connectivity index (χ4v) is 1.90. The smallest absolute Gasteiger partial charge is 0.0650 e. The molecule has 0 fully saturated rings. The van der Waals surface area contributed by atoms with Crippen molar-refractivity contribution >= 4 is 5.71 Å². The van der Waals surface area contributed by atoms with E-state index >= 15 is 0 Å². The number of benzene rings is 1. The lowest BCUT2D eigenvalue weighted by Gasteiger charge is -2.22. The SMILES string of the molecule is CC(C)(C)c1ccccc1C1=NCC=C1.